The molecular formula is C55H59ClF2N6O9S. The molecule has 6 heterocycles. The first kappa shape index (κ1) is 52.8. The number of piperazine rings is 1. The summed E-state index contributed by atoms with van der Waals surface area (Å²) in [4.78, 5) is 37.6. The number of carboxylic acids is 1. The minimum Gasteiger partial charge on any atom is -0.490 e. The van der Waals surface area contributed by atoms with E-state index in [1.807, 2.05) is 19.9 Å². The lowest BCUT2D eigenvalue weighted by atomic mass is 9.87. The number of likely N-dealkylation sites (N-methyl/N-ethyl adjacent to an activating group) is 1. The van der Waals surface area contributed by atoms with Crippen LogP contribution in [0.4, 0.5) is 8.78 Å². The standard InChI is InChI=1S/C55H59ClF2N6O9S/c1-5-43-34(3)49(56)44(6-2)72-41(27-64-21-19-63(4)20-22-64)31-70-40-11-12-45(71-28-39-15-18-59-51(62-39)36-13-16-55(58,17-14-36)32-68-30-42-29-67-23-24-69-42)37(25-40)26-46(54(65)66)73-52-48-47(43)50(74-53(48)61-33-60-52)35-7-9-38(57)10-8-35/h2,7-13,15,18,25,33,41-42,46H,5,14,16-17,19-24,26-32H2,1,3-4H3,(H,65,66)/b43-34+,49-44-/t41-,42-,46-,55-/m1/s1. The Morgan fingerprint density at radius 3 is 2.61 bits per heavy atom. The Labute approximate surface area is 438 Å². The Bertz CT molecular complexity index is 2950. The summed E-state index contributed by atoms with van der Waals surface area (Å²) in [5.74, 6) is 2.44. The second-order valence-electron chi connectivity index (χ2n) is 18.8. The van der Waals surface area contributed by atoms with Crippen LogP contribution in [0.15, 0.2) is 83.5 Å². The third kappa shape index (κ3) is 12.7. The molecule has 4 atom stereocenters. The van der Waals surface area contributed by atoms with Crippen LogP contribution in [0, 0.1) is 18.2 Å². The Hall–Kier alpha value is -6.04. The Morgan fingerprint density at radius 1 is 1.05 bits per heavy atom. The number of hydrogen-bond donors (Lipinski definition) is 1. The Balaban J connectivity index is 1.05. The first-order valence-electron chi connectivity index (χ1n) is 24.8. The number of aromatic nitrogens is 4. The number of thiophene rings is 1. The van der Waals surface area contributed by atoms with E-state index in [9.17, 15) is 14.3 Å². The summed E-state index contributed by atoms with van der Waals surface area (Å²) in [6.45, 7) is 9.41. The molecule has 1 N–H and O–H groups in total. The van der Waals surface area contributed by atoms with Crippen LogP contribution in [0.25, 0.3) is 31.8 Å². The zero-order chi connectivity index (χ0) is 51.8. The fourth-order valence-electron chi connectivity index (χ4n) is 9.42. The molecule has 3 aliphatic heterocycles. The van der Waals surface area contributed by atoms with E-state index in [2.05, 4.69) is 37.7 Å². The Morgan fingerprint density at radius 2 is 1.88 bits per heavy atom. The topological polar surface area (TPSA) is 160 Å². The summed E-state index contributed by atoms with van der Waals surface area (Å²) in [6, 6.07) is 13.0. The SMILES string of the molecule is C#C/C1=C(Cl)\C(C)=C(/CC)c2c(-c3ccc(F)cc3)sc3ncnc(c23)O[C@@H](C(=O)O)Cc2cc(ccc2OCc2ccnc(C3=CC[C@](F)(COC[C@H]4COCCO4)CC3)n2)OC[C@@H](CN2CCN(C)CC2)O1. The lowest BCUT2D eigenvalue weighted by Gasteiger charge is -2.34. The molecule has 15 nitrogen and oxygen atoms in total. The van der Waals surface area contributed by atoms with Crippen LogP contribution in [0.2, 0.25) is 0 Å². The molecule has 2 aromatic carbocycles. The highest BCUT2D eigenvalue weighted by atomic mass is 35.5. The molecule has 0 radical (unpaired) electrons. The first-order valence-corrected chi connectivity index (χ1v) is 26.0. The second-order valence-corrected chi connectivity index (χ2v) is 20.2. The summed E-state index contributed by atoms with van der Waals surface area (Å²) in [5.41, 5.74) is 2.99. The number of ether oxygens (including phenoxy) is 7. The lowest BCUT2D eigenvalue weighted by molar-refractivity contribution is -0.145. The van der Waals surface area contributed by atoms with Gasteiger partial charge in [0.15, 0.2) is 11.6 Å². The van der Waals surface area contributed by atoms with Crippen molar-refractivity contribution in [1.82, 2.24) is 29.7 Å². The molecule has 2 saturated heterocycles. The van der Waals surface area contributed by atoms with Gasteiger partial charge in [-0.2, -0.15) is 0 Å². The molecule has 3 aromatic heterocycles. The summed E-state index contributed by atoms with van der Waals surface area (Å²) < 4.78 is 73.1. The zero-order valence-corrected chi connectivity index (χ0v) is 43.2. The molecule has 4 aliphatic rings. The van der Waals surface area contributed by atoms with Crippen LogP contribution in [0.5, 0.6) is 17.4 Å². The third-order valence-electron chi connectivity index (χ3n) is 13.6. The van der Waals surface area contributed by atoms with E-state index in [0.717, 1.165) is 37.3 Å². The van der Waals surface area contributed by atoms with Gasteiger partial charge >= 0.3 is 5.97 Å². The van der Waals surface area contributed by atoms with Gasteiger partial charge in [-0.1, -0.05) is 36.7 Å². The number of fused-ring (bicyclic) bond motifs is 2. The number of halogens is 3. The molecule has 0 saturated carbocycles. The van der Waals surface area contributed by atoms with E-state index in [0.29, 0.717) is 99.6 Å². The summed E-state index contributed by atoms with van der Waals surface area (Å²) in [7, 11) is 2.09. The summed E-state index contributed by atoms with van der Waals surface area (Å²) in [6.07, 6.45) is 9.79. The molecule has 0 spiro atoms. The molecule has 390 valence electrons. The predicted molar refractivity (Wildman–Crippen MR) is 277 cm³/mol. The first-order chi connectivity index (χ1) is 35.9. The van der Waals surface area contributed by atoms with Crippen LogP contribution in [-0.2, 0) is 36.8 Å². The maximum Gasteiger partial charge on any atom is 0.345 e. The number of carbonyl (C=O) groups is 1. The quantitative estimate of drug-likeness (QED) is 0.111. The van der Waals surface area contributed by atoms with Gasteiger partial charge in [0.25, 0.3) is 0 Å². The molecule has 0 unspecified atom stereocenters. The molecular weight excluding hydrogens is 994 g/mol. The second kappa shape index (κ2) is 24.1. The van der Waals surface area contributed by atoms with E-state index < -0.39 is 29.7 Å². The highest BCUT2D eigenvalue weighted by Gasteiger charge is 2.34. The molecule has 19 heteroatoms. The van der Waals surface area contributed by atoms with Gasteiger partial charge < -0.3 is 43.2 Å². The van der Waals surface area contributed by atoms with Gasteiger partial charge in [0.05, 0.1) is 49.1 Å². The van der Waals surface area contributed by atoms with Crippen molar-refractivity contribution in [2.24, 2.45) is 0 Å². The van der Waals surface area contributed by atoms with E-state index in [4.69, 9.17) is 56.2 Å². The number of alkyl halides is 1. The number of nitrogens with zero attached hydrogens (tertiary/aromatic N) is 6. The van der Waals surface area contributed by atoms with Crippen molar-refractivity contribution in [3.8, 4) is 40.2 Å². The van der Waals surface area contributed by atoms with E-state index in [1.165, 1.54) is 29.8 Å². The van der Waals surface area contributed by atoms with Crippen LogP contribution >= 0.6 is 22.9 Å². The summed E-state index contributed by atoms with van der Waals surface area (Å²) in [5, 5.41) is 11.6. The molecule has 1 aliphatic carbocycles. The van der Waals surface area contributed by atoms with Crippen molar-refractivity contribution in [3.63, 3.8) is 0 Å². The van der Waals surface area contributed by atoms with Gasteiger partial charge in [-0.05, 0) is 97.8 Å². The van der Waals surface area contributed by atoms with E-state index in [-0.39, 0.29) is 68.5 Å². The van der Waals surface area contributed by atoms with Crippen molar-refractivity contribution in [2.75, 3.05) is 79.4 Å². The molecule has 0 amide bonds. The van der Waals surface area contributed by atoms with Crippen molar-refractivity contribution < 1.29 is 51.8 Å². The minimum absolute atomic E-state index is 0.00617. The maximum atomic E-state index is 15.8. The molecule has 2 bridgehead atoms. The van der Waals surface area contributed by atoms with Crippen molar-refractivity contribution >= 4 is 50.3 Å². The smallest absolute Gasteiger partial charge is 0.345 e. The average molecular weight is 1050 g/mol. The monoisotopic (exact) mass is 1050 g/mol. The number of benzene rings is 2. The van der Waals surface area contributed by atoms with Crippen molar-refractivity contribution in [3.05, 3.63) is 112 Å². The average Bonchev–Trinajstić information content (AvgIpc) is 3.80. The number of aliphatic carboxylic acids is 1. The molecule has 2 fully saturated rings. The van der Waals surface area contributed by atoms with Crippen LogP contribution in [-0.4, -0.2) is 144 Å². The fourth-order valence-corrected chi connectivity index (χ4v) is 10.8. The normalized spacial score (nSPS) is 24.4. The molecule has 74 heavy (non-hydrogen) atoms. The number of rotatable bonds is 13. The van der Waals surface area contributed by atoms with Crippen LogP contribution < -0.4 is 14.2 Å². The predicted octanol–water partition coefficient (Wildman–Crippen LogP) is 8.94. The maximum absolute atomic E-state index is 15.8. The largest absolute Gasteiger partial charge is 0.490 e. The van der Waals surface area contributed by atoms with Crippen molar-refractivity contribution in [1.29, 1.82) is 0 Å². The van der Waals surface area contributed by atoms with Gasteiger partial charge in [0.1, 0.15) is 59.6 Å². The van der Waals surface area contributed by atoms with E-state index >= 15 is 4.39 Å². The lowest BCUT2D eigenvalue weighted by Crippen LogP contribution is -2.48. The van der Waals surface area contributed by atoms with E-state index in [1.54, 1.807) is 42.6 Å². The fraction of sp³-hybridized carbons (Fsp3) is 0.436. The van der Waals surface area contributed by atoms with Gasteiger partial charge in [-0.25, -0.2) is 33.5 Å². The summed E-state index contributed by atoms with van der Waals surface area (Å²) >= 11 is 8.63. The number of allylic oxidation sites excluding steroid dienone is 6. The number of terminal acetylenes is 1. The van der Waals surface area contributed by atoms with Gasteiger partial charge in [-0.3, -0.25) is 4.90 Å². The molecule has 5 aromatic rings. The van der Waals surface area contributed by atoms with Crippen molar-refractivity contribution in [2.45, 2.75) is 76.5 Å². The van der Waals surface area contributed by atoms with Gasteiger partial charge in [-0.15, -0.1) is 17.8 Å². The Kier molecular flexibility index (Phi) is 17.2. The number of hydrogen-bond acceptors (Lipinski definition) is 15. The van der Waals surface area contributed by atoms with Crippen LogP contribution in [0.3, 0.4) is 0 Å². The third-order valence-corrected chi connectivity index (χ3v) is 15.2. The highest BCUT2D eigenvalue weighted by molar-refractivity contribution is 7.22. The number of carboxylic acid groups (broad SMARTS) is 1. The highest BCUT2D eigenvalue weighted by Crippen LogP contribution is 2.48. The minimum atomic E-state index is -1.53. The van der Waals surface area contributed by atoms with Crippen LogP contribution in [0.1, 0.15) is 62.2 Å². The zero-order valence-electron chi connectivity index (χ0n) is 41.6. The van der Waals surface area contributed by atoms with Gasteiger partial charge in [0, 0.05) is 67.8 Å². The molecule has 9 rings (SSSR count). The van der Waals surface area contributed by atoms with Gasteiger partial charge in [0.2, 0.25) is 12.0 Å².